The van der Waals surface area contributed by atoms with E-state index in [1.807, 2.05) is 16.4 Å². The molecule has 1 aliphatic heterocycles. The first-order valence-electron chi connectivity index (χ1n) is 8.98. The van der Waals surface area contributed by atoms with Gasteiger partial charge in [-0.2, -0.15) is 4.98 Å². The predicted octanol–water partition coefficient (Wildman–Crippen LogP) is 0.233. The molecule has 26 heavy (non-hydrogen) atoms. The zero-order valence-electron chi connectivity index (χ0n) is 15.7. The highest BCUT2D eigenvalue weighted by atomic mass is 16.5. The molecule has 0 radical (unpaired) electrons. The number of imidazole rings is 1. The van der Waals surface area contributed by atoms with Crippen molar-refractivity contribution in [3.8, 4) is 0 Å². The number of nitrogens with zero attached hydrogens (tertiary/aromatic N) is 5. The molecule has 1 fully saturated rings. The Morgan fingerprint density at radius 3 is 2.62 bits per heavy atom. The number of esters is 1. The molecule has 1 atom stereocenters. The molecule has 2 aromatic heterocycles. The van der Waals surface area contributed by atoms with Gasteiger partial charge in [0.15, 0.2) is 11.2 Å². The van der Waals surface area contributed by atoms with E-state index in [2.05, 4.69) is 4.98 Å². The van der Waals surface area contributed by atoms with Gasteiger partial charge in [0.1, 0.15) is 0 Å². The Morgan fingerprint density at radius 2 is 1.96 bits per heavy atom. The van der Waals surface area contributed by atoms with E-state index in [1.54, 1.807) is 14.0 Å². The van der Waals surface area contributed by atoms with Gasteiger partial charge in [-0.1, -0.05) is 0 Å². The van der Waals surface area contributed by atoms with Crippen LogP contribution in [0.15, 0.2) is 9.59 Å². The Balaban J connectivity index is 2.09. The molecule has 1 aliphatic rings. The lowest BCUT2D eigenvalue weighted by molar-refractivity contribution is -0.148. The highest BCUT2D eigenvalue weighted by molar-refractivity contribution is 5.76. The maximum atomic E-state index is 12.6. The minimum Gasteiger partial charge on any atom is -0.466 e. The fraction of sp³-hybridized carbons (Fsp3) is 0.647. The number of aryl methyl sites for hydroxylation is 2. The fourth-order valence-electron chi connectivity index (χ4n) is 3.59. The number of hydrogen-bond acceptors (Lipinski definition) is 6. The number of aromatic nitrogens is 4. The van der Waals surface area contributed by atoms with E-state index in [9.17, 15) is 14.4 Å². The van der Waals surface area contributed by atoms with Crippen LogP contribution < -0.4 is 16.1 Å². The summed E-state index contributed by atoms with van der Waals surface area (Å²) >= 11 is 0. The van der Waals surface area contributed by atoms with Crippen LogP contribution >= 0.6 is 0 Å². The first-order chi connectivity index (χ1) is 12.4. The Kier molecular flexibility index (Phi) is 4.88. The molecular weight excluding hydrogens is 338 g/mol. The van der Waals surface area contributed by atoms with Crippen LogP contribution in [0.2, 0.25) is 0 Å². The Hall–Kier alpha value is -2.58. The highest BCUT2D eigenvalue weighted by Gasteiger charge is 2.30. The number of carbonyl (C=O) groups is 1. The molecule has 1 saturated heterocycles. The van der Waals surface area contributed by atoms with E-state index in [4.69, 9.17) is 4.74 Å². The zero-order valence-corrected chi connectivity index (χ0v) is 15.7. The average molecular weight is 363 g/mol. The molecule has 0 unspecified atom stereocenters. The minimum atomic E-state index is -0.405. The van der Waals surface area contributed by atoms with Crippen LogP contribution in [0.3, 0.4) is 0 Å². The molecule has 142 valence electrons. The summed E-state index contributed by atoms with van der Waals surface area (Å²) < 4.78 is 9.47. The molecule has 9 nitrogen and oxygen atoms in total. The van der Waals surface area contributed by atoms with Crippen LogP contribution in [0.5, 0.6) is 0 Å². The molecule has 0 bridgehead atoms. The van der Waals surface area contributed by atoms with Crippen molar-refractivity contribution in [1.82, 2.24) is 18.7 Å². The molecular formula is C17H25N5O4. The quantitative estimate of drug-likeness (QED) is 0.723. The van der Waals surface area contributed by atoms with E-state index in [0.717, 1.165) is 24.0 Å². The second kappa shape index (κ2) is 6.97. The minimum absolute atomic E-state index is 0.195. The van der Waals surface area contributed by atoms with Crippen molar-refractivity contribution in [2.75, 3.05) is 24.6 Å². The van der Waals surface area contributed by atoms with Crippen LogP contribution in [0.25, 0.3) is 11.2 Å². The topological polar surface area (TPSA) is 91.4 Å². The third-order valence-corrected chi connectivity index (χ3v) is 4.97. The van der Waals surface area contributed by atoms with Gasteiger partial charge in [0.05, 0.1) is 12.5 Å². The van der Waals surface area contributed by atoms with Crippen LogP contribution in [0.4, 0.5) is 5.95 Å². The average Bonchev–Trinajstić information content (AvgIpc) is 3.04. The molecule has 0 spiro atoms. The van der Waals surface area contributed by atoms with Crippen LogP contribution in [-0.4, -0.2) is 44.4 Å². The van der Waals surface area contributed by atoms with Gasteiger partial charge < -0.3 is 14.2 Å². The van der Waals surface area contributed by atoms with E-state index in [-0.39, 0.29) is 17.4 Å². The monoisotopic (exact) mass is 363 g/mol. The summed E-state index contributed by atoms with van der Waals surface area (Å²) in [6.07, 6.45) is 1.62. The Bertz CT molecular complexity index is 955. The summed E-state index contributed by atoms with van der Waals surface area (Å²) in [7, 11) is 3.08. The number of hydrogen-bond donors (Lipinski definition) is 0. The SMILES string of the molecule is CCOC(=O)[C@H]1CCCN(c2nc3c(c(=O)n(C)c(=O)n3C)n2CC)C1. The largest absolute Gasteiger partial charge is 0.466 e. The van der Waals surface area contributed by atoms with Gasteiger partial charge in [-0.15, -0.1) is 0 Å². The molecule has 9 heteroatoms. The molecule has 0 saturated carbocycles. The smallest absolute Gasteiger partial charge is 0.332 e. The second-order valence-electron chi connectivity index (χ2n) is 6.57. The van der Waals surface area contributed by atoms with Crippen molar-refractivity contribution >= 4 is 23.1 Å². The number of piperidine rings is 1. The normalized spacial score (nSPS) is 17.7. The van der Waals surface area contributed by atoms with Crippen molar-refractivity contribution in [2.45, 2.75) is 33.2 Å². The van der Waals surface area contributed by atoms with Crippen molar-refractivity contribution in [3.63, 3.8) is 0 Å². The molecule has 3 heterocycles. The number of carbonyl (C=O) groups excluding carboxylic acids is 1. The van der Waals surface area contributed by atoms with E-state index < -0.39 is 5.69 Å². The predicted molar refractivity (Wildman–Crippen MR) is 97.5 cm³/mol. The standard InChI is InChI=1S/C17H25N5O4/c1-5-22-12-13(19(3)17(25)20(4)14(12)23)18-16(22)21-9-7-8-11(10-21)15(24)26-6-2/h11H,5-10H2,1-4H3/t11-/m0/s1. The highest BCUT2D eigenvalue weighted by Crippen LogP contribution is 2.25. The summed E-state index contributed by atoms with van der Waals surface area (Å²) in [5.41, 5.74) is 0.0130. The lowest BCUT2D eigenvalue weighted by Crippen LogP contribution is -2.41. The van der Waals surface area contributed by atoms with Gasteiger partial charge >= 0.3 is 11.7 Å². The van der Waals surface area contributed by atoms with Crippen molar-refractivity contribution in [1.29, 1.82) is 0 Å². The van der Waals surface area contributed by atoms with Gasteiger partial charge in [-0.05, 0) is 26.7 Å². The molecule has 3 rings (SSSR count). The molecule has 0 aromatic carbocycles. The van der Waals surface area contributed by atoms with Crippen molar-refractivity contribution in [2.24, 2.45) is 20.0 Å². The number of ether oxygens (including phenoxy) is 1. The van der Waals surface area contributed by atoms with Crippen LogP contribution in [0, 0.1) is 5.92 Å². The van der Waals surface area contributed by atoms with E-state index in [1.165, 1.54) is 11.6 Å². The zero-order chi connectivity index (χ0) is 19.0. The van der Waals surface area contributed by atoms with Crippen molar-refractivity contribution in [3.05, 3.63) is 20.8 Å². The van der Waals surface area contributed by atoms with Gasteiger partial charge in [0.2, 0.25) is 5.95 Å². The van der Waals surface area contributed by atoms with E-state index in [0.29, 0.717) is 36.8 Å². The first kappa shape index (κ1) is 18.2. The summed E-state index contributed by atoms with van der Waals surface area (Å²) in [5, 5.41) is 0. The van der Waals surface area contributed by atoms with E-state index >= 15 is 0 Å². The Morgan fingerprint density at radius 1 is 1.23 bits per heavy atom. The summed E-state index contributed by atoms with van der Waals surface area (Å²) in [6, 6.07) is 0. The molecule has 2 aromatic rings. The van der Waals surface area contributed by atoms with Gasteiger partial charge in [0, 0.05) is 33.7 Å². The fourth-order valence-corrected chi connectivity index (χ4v) is 3.59. The third-order valence-electron chi connectivity index (χ3n) is 4.97. The first-order valence-corrected chi connectivity index (χ1v) is 8.98. The lowest BCUT2D eigenvalue weighted by atomic mass is 9.98. The van der Waals surface area contributed by atoms with Gasteiger partial charge in [0.25, 0.3) is 5.56 Å². The van der Waals surface area contributed by atoms with Crippen LogP contribution in [-0.2, 0) is 30.2 Å². The Labute approximate surface area is 150 Å². The second-order valence-corrected chi connectivity index (χ2v) is 6.57. The number of fused-ring (bicyclic) bond motifs is 1. The van der Waals surface area contributed by atoms with Gasteiger partial charge in [-0.3, -0.25) is 18.7 Å². The summed E-state index contributed by atoms with van der Waals surface area (Å²) in [6.45, 7) is 5.87. The summed E-state index contributed by atoms with van der Waals surface area (Å²) in [4.78, 5) is 43.6. The molecule has 0 amide bonds. The summed E-state index contributed by atoms with van der Waals surface area (Å²) in [5.74, 6) is 0.218. The molecule has 0 aliphatic carbocycles. The van der Waals surface area contributed by atoms with Crippen molar-refractivity contribution < 1.29 is 9.53 Å². The van der Waals surface area contributed by atoms with Gasteiger partial charge in [-0.25, -0.2) is 4.79 Å². The number of rotatable bonds is 4. The number of anilines is 1. The van der Waals surface area contributed by atoms with Crippen LogP contribution in [0.1, 0.15) is 26.7 Å². The molecule has 0 N–H and O–H groups in total. The lowest BCUT2D eigenvalue weighted by Gasteiger charge is -2.32. The third kappa shape index (κ3) is 2.81. The maximum absolute atomic E-state index is 12.6. The maximum Gasteiger partial charge on any atom is 0.332 e.